The molecule has 8 nitrogen and oxygen atoms in total. The summed E-state index contributed by atoms with van der Waals surface area (Å²) in [5, 5.41) is 11.8. The first-order valence-corrected chi connectivity index (χ1v) is 10.4. The second-order valence-corrected chi connectivity index (χ2v) is 7.35. The van der Waals surface area contributed by atoms with E-state index in [1.165, 1.54) is 19.9 Å². The molecule has 3 aromatic rings. The van der Waals surface area contributed by atoms with Crippen molar-refractivity contribution >= 4 is 17.6 Å². The maximum Gasteiger partial charge on any atom is 0.344 e. The Balaban J connectivity index is 2.01. The summed E-state index contributed by atoms with van der Waals surface area (Å²) in [7, 11) is 0. The number of rotatable bonds is 9. The SMILES string of the molecule is CCC(Oc1nc(Oc2cc(NC(C)=O)cc(-c3cccc(CN)c3)c2)c(F)cc1F)C(=O)O. The summed E-state index contributed by atoms with van der Waals surface area (Å²) < 4.78 is 39.3. The van der Waals surface area contributed by atoms with Gasteiger partial charge in [0.15, 0.2) is 17.7 Å². The average molecular weight is 471 g/mol. The highest BCUT2D eigenvalue weighted by atomic mass is 19.1. The van der Waals surface area contributed by atoms with E-state index in [-0.39, 0.29) is 18.1 Å². The highest BCUT2D eigenvalue weighted by Gasteiger charge is 2.22. The molecule has 34 heavy (non-hydrogen) atoms. The van der Waals surface area contributed by atoms with E-state index in [0.717, 1.165) is 11.1 Å². The Kier molecular flexibility index (Phi) is 7.75. The number of amides is 1. The zero-order chi connectivity index (χ0) is 24.8. The van der Waals surface area contributed by atoms with Crippen molar-refractivity contribution in [2.45, 2.75) is 32.9 Å². The molecular formula is C24H23F2N3O5. The highest BCUT2D eigenvalue weighted by molar-refractivity contribution is 5.90. The Morgan fingerprint density at radius 2 is 1.82 bits per heavy atom. The number of pyridine rings is 1. The summed E-state index contributed by atoms with van der Waals surface area (Å²) in [5.74, 6) is -5.19. The van der Waals surface area contributed by atoms with Gasteiger partial charge in [-0.2, -0.15) is 4.98 Å². The van der Waals surface area contributed by atoms with Crippen LogP contribution in [0.2, 0.25) is 0 Å². The van der Waals surface area contributed by atoms with Gasteiger partial charge in [-0.1, -0.05) is 25.1 Å². The number of nitrogens with zero attached hydrogens (tertiary/aromatic N) is 1. The minimum atomic E-state index is -1.37. The number of nitrogens with one attached hydrogen (secondary N) is 1. The van der Waals surface area contributed by atoms with Gasteiger partial charge in [0.1, 0.15) is 5.75 Å². The molecule has 0 spiro atoms. The van der Waals surface area contributed by atoms with E-state index >= 15 is 0 Å². The van der Waals surface area contributed by atoms with Crippen molar-refractivity contribution in [2.75, 3.05) is 5.32 Å². The summed E-state index contributed by atoms with van der Waals surface area (Å²) in [4.78, 5) is 26.5. The van der Waals surface area contributed by atoms with Gasteiger partial charge in [-0.15, -0.1) is 0 Å². The Morgan fingerprint density at radius 1 is 1.09 bits per heavy atom. The minimum absolute atomic E-state index is 0.0357. The third-order valence-corrected chi connectivity index (χ3v) is 4.70. The Hall–Kier alpha value is -4.05. The Morgan fingerprint density at radius 3 is 2.47 bits per heavy atom. The third kappa shape index (κ3) is 6.04. The molecule has 178 valence electrons. The lowest BCUT2D eigenvalue weighted by Crippen LogP contribution is -2.26. The molecule has 0 aliphatic rings. The molecule has 2 aromatic carbocycles. The van der Waals surface area contributed by atoms with Gasteiger partial charge in [-0.3, -0.25) is 4.79 Å². The maximum atomic E-state index is 14.4. The molecule has 0 saturated heterocycles. The van der Waals surface area contributed by atoms with Crippen LogP contribution in [0.1, 0.15) is 25.8 Å². The zero-order valence-corrected chi connectivity index (χ0v) is 18.5. The number of carboxylic acids is 1. The normalized spacial score (nSPS) is 11.6. The molecule has 10 heteroatoms. The first-order chi connectivity index (χ1) is 16.2. The Bertz CT molecular complexity index is 1220. The molecular weight excluding hydrogens is 448 g/mol. The predicted octanol–water partition coefficient (Wildman–Crippen LogP) is 4.48. The molecule has 1 heterocycles. The van der Waals surface area contributed by atoms with Crippen LogP contribution < -0.4 is 20.5 Å². The first-order valence-electron chi connectivity index (χ1n) is 10.4. The lowest BCUT2D eigenvalue weighted by Gasteiger charge is -2.15. The predicted molar refractivity (Wildman–Crippen MR) is 121 cm³/mol. The van der Waals surface area contributed by atoms with E-state index in [1.54, 1.807) is 12.1 Å². The van der Waals surface area contributed by atoms with Crippen LogP contribution in [0.25, 0.3) is 11.1 Å². The maximum absolute atomic E-state index is 14.4. The number of aromatic nitrogens is 1. The van der Waals surface area contributed by atoms with Crippen molar-refractivity contribution in [1.29, 1.82) is 0 Å². The van der Waals surface area contributed by atoms with Gasteiger partial charge in [0.25, 0.3) is 11.8 Å². The van der Waals surface area contributed by atoms with Gasteiger partial charge in [0, 0.05) is 31.3 Å². The molecule has 0 bridgehead atoms. The fourth-order valence-corrected chi connectivity index (χ4v) is 3.12. The summed E-state index contributed by atoms with van der Waals surface area (Å²) in [6, 6.07) is 12.6. The Labute approximate surface area is 194 Å². The summed E-state index contributed by atoms with van der Waals surface area (Å²) in [5.41, 5.74) is 8.37. The second-order valence-electron chi connectivity index (χ2n) is 7.35. The summed E-state index contributed by atoms with van der Waals surface area (Å²) in [6.45, 7) is 3.19. The van der Waals surface area contributed by atoms with E-state index in [2.05, 4.69) is 10.3 Å². The van der Waals surface area contributed by atoms with Crippen LogP contribution >= 0.6 is 0 Å². The highest BCUT2D eigenvalue weighted by Crippen LogP contribution is 2.33. The summed E-state index contributed by atoms with van der Waals surface area (Å²) in [6.07, 6.45) is -1.33. The van der Waals surface area contributed by atoms with Crippen LogP contribution in [0.5, 0.6) is 17.5 Å². The molecule has 0 radical (unpaired) electrons. The van der Waals surface area contributed by atoms with Crippen LogP contribution in [0.3, 0.4) is 0 Å². The molecule has 0 saturated carbocycles. The van der Waals surface area contributed by atoms with Gasteiger partial charge in [-0.05, 0) is 41.3 Å². The van der Waals surface area contributed by atoms with Gasteiger partial charge in [0.2, 0.25) is 5.91 Å². The van der Waals surface area contributed by atoms with Crippen LogP contribution in [0, 0.1) is 11.6 Å². The zero-order valence-electron chi connectivity index (χ0n) is 18.5. The van der Waals surface area contributed by atoms with Crippen LogP contribution in [-0.2, 0) is 16.1 Å². The lowest BCUT2D eigenvalue weighted by atomic mass is 10.0. The molecule has 0 aliphatic carbocycles. The molecule has 1 unspecified atom stereocenters. The number of benzene rings is 2. The van der Waals surface area contributed by atoms with Crippen LogP contribution in [-0.4, -0.2) is 28.1 Å². The topological polar surface area (TPSA) is 124 Å². The fourth-order valence-electron chi connectivity index (χ4n) is 3.12. The number of hydrogen-bond acceptors (Lipinski definition) is 6. The largest absolute Gasteiger partial charge is 0.479 e. The number of carbonyl (C=O) groups is 2. The number of hydrogen-bond donors (Lipinski definition) is 3. The van der Waals surface area contributed by atoms with E-state index in [1.807, 2.05) is 24.3 Å². The number of carboxylic acid groups (broad SMARTS) is 1. The third-order valence-electron chi connectivity index (χ3n) is 4.70. The van der Waals surface area contributed by atoms with Gasteiger partial charge in [0.05, 0.1) is 0 Å². The van der Waals surface area contributed by atoms with Crippen LogP contribution in [0.4, 0.5) is 14.5 Å². The van der Waals surface area contributed by atoms with E-state index in [9.17, 15) is 18.4 Å². The van der Waals surface area contributed by atoms with Crippen molar-refractivity contribution in [3.05, 3.63) is 65.7 Å². The van der Waals surface area contributed by atoms with Gasteiger partial charge >= 0.3 is 5.97 Å². The summed E-state index contributed by atoms with van der Waals surface area (Å²) >= 11 is 0. The molecule has 0 aliphatic heterocycles. The van der Waals surface area contributed by atoms with Crippen LogP contribution in [0.15, 0.2) is 48.5 Å². The quantitative estimate of drug-likeness (QED) is 0.420. The number of anilines is 1. The number of carbonyl (C=O) groups excluding carboxylic acids is 1. The second kappa shape index (κ2) is 10.7. The monoisotopic (exact) mass is 471 g/mol. The average Bonchev–Trinajstić information content (AvgIpc) is 2.79. The lowest BCUT2D eigenvalue weighted by molar-refractivity contribution is -0.145. The minimum Gasteiger partial charge on any atom is -0.479 e. The standard InChI is InChI=1S/C24H23F2N3O5/c1-3-21(24(31)32)34-23-20(26)11-19(25)22(29-23)33-18-9-16(8-17(10-18)28-13(2)30)15-6-4-5-14(7-15)12-27/h4-11,21H,3,12,27H2,1-2H3,(H,28,30)(H,31,32). The number of aliphatic carboxylic acids is 1. The number of ether oxygens (including phenoxy) is 2. The van der Waals surface area contributed by atoms with Crippen molar-refractivity contribution in [1.82, 2.24) is 4.98 Å². The van der Waals surface area contributed by atoms with Crippen molar-refractivity contribution < 1.29 is 33.0 Å². The van der Waals surface area contributed by atoms with Gasteiger partial charge in [-0.25, -0.2) is 13.6 Å². The van der Waals surface area contributed by atoms with E-state index in [0.29, 0.717) is 23.9 Å². The van der Waals surface area contributed by atoms with Crippen molar-refractivity contribution in [2.24, 2.45) is 5.73 Å². The number of nitrogens with two attached hydrogens (primary N) is 1. The van der Waals surface area contributed by atoms with Crippen molar-refractivity contribution in [3.8, 4) is 28.6 Å². The molecule has 3 rings (SSSR count). The first kappa shape index (κ1) is 24.6. The fraction of sp³-hybridized carbons (Fsp3) is 0.208. The van der Waals surface area contributed by atoms with Gasteiger partial charge < -0.3 is 25.6 Å². The molecule has 1 aromatic heterocycles. The molecule has 1 amide bonds. The molecule has 1 atom stereocenters. The smallest absolute Gasteiger partial charge is 0.344 e. The molecule has 0 fully saturated rings. The van der Waals surface area contributed by atoms with E-state index < -0.39 is 35.5 Å². The van der Waals surface area contributed by atoms with E-state index in [4.69, 9.17) is 20.3 Å². The van der Waals surface area contributed by atoms with Crippen molar-refractivity contribution in [3.63, 3.8) is 0 Å². The number of halogens is 2. The molecule has 4 N–H and O–H groups in total.